The lowest BCUT2D eigenvalue weighted by atomic mass is 10.2. The molecule has 0 saturated heterocycles. The minimum atomic E-state index is 0.237. The summed E-state index contributed by atoms with van der Waals surface area (Å²) in [7, 11) is 0. The van der Waals surface area contributed by atoms with Gasteiger partial charge in [0.05, 0.1) is 0 Å². The van der Waals surface area contributed by atoms with Gasteiger partial charge in [0.2, 0.25) is 0 Å². The van der Waals surface area contributed by atoms with E-state index >= 15 is 0 Å². The molecule has 0 amide bonds. The van der Waals surface area contributed by atoms with Gasteiger partial charge in [-0.2, -0.15) is 0 Å². The van der Waals surface area contributed by atoms with Crippen LogP contribution >= 0.6 is 0 Å². The summed E-state index contributed by atoms with van der Waals surface area (Å²) >= 11 is 0. The number of carbonyl (C=O) groups is 1. The first-order valence-electron chi connectivity index (χ1n) is 5.90. The summed E-state index contributed by atoms with van der Waals surface area (Å²) in [6, 6.07) is 0. The maximum atomic E-state index is 11.1. The average Bonchev–Trinajstić information content (AvgIpc) is 2.17. The molecule has 2 heteroatoms. The molecule has 0 aliphatic rings. The van der Waals surface area contributed by atoms with Crippen molar-refractivity contribution in [1.29, 1.82) is 0 Å². The number of unbranched alkanes of at least 4 members (excludes halogenated alkanes) is 4. The van der Waals surface area contributed by atoms with Gasteiger partial charge in [0, 0.05) is 13.0 Å². The molecule has 0 saturated carbocycles. The molecule has 0 aliphatic carbocycles. The largest absolute Gasteiger partial charge is 0.374 e. The normalized spacial score (nSPS) is 10.4. The van der Waals surface area contributed by atoms with Crippen LogP contribution in [-0.2, 0) is 9.53 Å². The number of ketones is 1. The molecule has 0 heterocycles. The third-order valence-electron chi connectivity index (χ3n) is 2.18. The van der Waals surface area contributed by atoms with Crippen molar-refractivity contribution in [3.05, 3.63) is 0 Å². The summed E-state index contributed by atoms with van der Waals surface area (Å²) in [6.45, 7) is 5.29. The molecule has 2 nitrogen and oxygen atoms in total. The molecule has 14 heavy (non-hydrogen) atoms. The quantitative estimate of drug-likeness (QED) is 0.505. The monoisotopic (exact) mass is 200 g/mol. The Hall–Kier alpha value is -0.370. The maximum Gasteiger partial charge on any atom is 0.158 e. The fourth-order valence-corrected chi connectivity index (χ4v) is 1.34. The van der Waals surface area contributed by atoms with Gasteiger partial charge in [-0.15, -0.1) is 0 Å². The minimum Gasteiger partial charge on any atom is -0.374 e. The third-order valence-corrected chi connectivity index (χ3v) is 2.18. The van der Waals surface area contributed by atoms with Gasteiger partial charge >= 0.3 is 0 Å². The standard InChI is InChI=1S/C12H24O2/c1-3-5-6-7-8-10-14-11-12(13)9-4-2/h3-11H2,1-2H3. The molecule has 0 rings (SSSR count). The lowest BCUT2D eigenvalue weighted by Crippen LogP contribution is -2.08. The summed E-state index contributed by atoms with van der Waals surface area (Å²) in [5, 5.41) is 0. The number of ether oxygens (including phenoxy) is 1. The van der Waals surface area contributed by atoms with Gasteiger partial charge in [-0.05, 0) is 12.8 Å². The van der Waals surface area contributed by atoms with Crippen LogP contribution in [0.4, 0.5) is 0 Å². The second-order valence-corrected chi connectivity index (χ2v) is 3.76. The Morgan fingerprint density at radius 3 is 2.36 bits per heavy atom. The minimum absolute atomic E-state index is 0.237. The summed E-state index contributed by atoms with van der Waals surface area (Å²) in [5.41, 5.74) is 0. The van der Waals surface area contributed by atoms with Crippen molar-refractivity contribution in [3.8, 4) is 0 Å². The van der Waals surface area contributed by atoms with Crippen molar-refractivity contribution < 1.29 is 9.53 Å². The van der Waals surface area contributed by atoms with Crippen molar-refractivity contribution in [1.82, 2.24) is 0 Å². The van der Waals surface area contributed by atoms with Gasteiger partial charge in [-0.3, -0.25) is 4.79 Å². The van der Waals surface area contributed by atoms with Gasteiger partial charge in [0.25, 0.3) is 0 Å². The van der Waals surface area contributed by atoms with E-state index < -0.39 is 0 Å². The number of carbonyl (C=O) groups excluding carboxylic acids is 1. The van der Waals surface area contributed by atoms with Crippen molar-refractivity contribution in [2.75, 3.05) is 13.2 Å². The Labute approximate surface area is 88.0 Å². The zero-order valence-corrected chi connectivity index (χ0v) is 9.68. The lowest BCUT2D eigenvalue weighted by molar-refractivity contribution is -0.123. The second kappa shape index (κ2) is 10.7. The van der Waals surface area contributed by atoms with E-state index in [0.29, 0.717) is 13.0 Å². The van der Waals surface area contributed by atoms with Crippen molar-refractivity contribution in [2.45, 2.75) is 58.8 Å². The molecule has 0 unspecified atom stereocenters. The SMILES string of the molecule is CCCCCCCOCC(=O)CCC. The highest BCUT2D eigenvalue weighted by molar-refractivity contribution is 5.79. The Morgan fingerprint density at radius 2 is 1.71 bits per heavy atom. The Kier molecular flexibility index (Phi) is 10.4. The van der Waals surface area contributed by atoms with Crippen molar-refractivity contribution in [2.24, 2.45) is 0 Å². The van der Waals surface area contributed by atoms with Crippen LogP contribution in [0.15, 0.2) is 0 Å². The fraction of sp³-hybridized carbons (Fsp3) is 0.917. The maximum absolute atomic E-state index is 11.1. The second-order valence-electron chi connectivity index (χ2n) is 3.76. The summed E-state index contributed by atoms with van der Waals surface area (Å²) in [5.74, 6) is 0.237. The molecular weight excluding hydrogens is 176 g/mol. The van der Waals surface area contributed by atoms with Crippen LogP contribution in [0, 0.1) is 0 Å². The van der Waals surface area contributed by atoms with E-state index in [1.807, 2.05) is 6.92 Å². The van der Waals surface area contributed by atoms with E-state index in [2.05, 4.69) is 6.92 Å². The number of rotatable bonds is 10. The third kappa shape index (κ3) is 9.72. The van der Waals surface area contributed by atoms with Gasteiger partial charge < -0.3 is 4.74 Å². The molecule has 0 aromatic rings. The molecule has 0 fully saturated rings. The highest BCUT2D eigenvalue weighted by atomic mass is 16.5. The van der Waals surface area contributed by atoms with E-state index in [9.17, 15) is 4.79 Å². The van der Waals surface area contributed by atoms with Crippen LogP contribution in [0.1, 0.15) is 58.8 Å². The van der Waals surface area contributed by atoms with Crippen LogP contribution < -0.4 is 0 Å². The zero-order chi connectivity index (χ0) is 10.6. The van der Waals surface area contributed by atoms with Crippen LogP contribution in [-0.4, -0.2) is 19.0 Å². The fourth-order valence-electron chi connectivity index (χ4n) is 1.34. The predicted octanol–water partition coefficient (Wildman–Crippen LogP) is 3.34. The first-order valence-corrected chi connectivity index (χ1v) is 5.90. The van der Waals surface area contributed by atoms with Gasteiger partial charge in [0.1, 0.15) is 6.61 Å². The molecule has 0 spiro atoms. The topological polar surface area (TPSA) is 26.3 Å². The molecule has 0 bridgehead atoms. The molecule has 0 N–H and O–H groups in total. The number of hydrogen-bond acceptors (Lipinski definition) is 2. The van der Waals surface area contributed by atoms with E-state index in [1.165, 1.54) is 25.7 Å². The first-order chi connectivity index (χ1) is 6.81. The summed E-state index contributed by atoms with van der Waals surface area (Å²) in [6.07, 6.45) is 7.80. The summed E-state index contributed by atoms with van der Waals surface area (Å²) < 4.78 is 5.28. The summed E-state index contributed by atoms with van der Waals surface area (Å²) in [4.78, 5) is 11.1. The number of Topliss-reactive ketones (excluding diaryl/α,β-unsaturated/α-hetero) is 1. The number of hydrogen-bond donors (Lipinski definition) is 0. The van der Waals surface area contributed by atoms with Gasteiger partial charge in [-0.25, -0.2) is 0 Å². The smallest absolute Gasteiger partial charge is 0.158 e. The van der Waals surface area contributed by atoms with E-state index in [-0.39, 0.29) is 5.78 Å². The molecule has 0 atom stereocenters. The predicted molar refractivity (Wildman–Crippen MR) is 59.5 cm³/mol. The molecule has 0 aromatic heterocycles. The Balaban J connectivity index is 3.01. The highest BCUT2D eigenvalue weighted by Gasteiger charge is 1.99. The van der Waals surface area contributed by atoms with Crippen molar-refractivity contribution >= 4 is 5.78 Å². The average molecular weight is 200 g/mol. The van der Waals surface area contributed by atoms with E-state index in [0.717, 1.165) is 19.4 Å². The zero-order valence-electron chi connectivity index (χ0n) is 9.68. The molecule has 84 valence electrons. The van der Waals surface area contributed by atoms with E-state index in [1.54, 1.807) is 0 Å². The van der Waals surface area contributed by atoms with Gasteiger partial charge in [0.15, 0.2) is 5.78 Å². The van der Waals surface area contributed by atoms with Crippen LogP contribution in [0.25, 0.3) is 0 Å². The van der Waals surface area contributed by atoms with E-state index in [4.69, 9.17) is 4.74 Å². The Bertz CT molecular complexity index is 132. The lowest BCUT2D eigenvalue weighted by Gasteiger charge is -2.02. The molecule has 0 aromatic carbocycles. The molecular formula is C12H24O2. The highest BCUT2D eigenvalue weighted by Crippen LogP contribution is 2.02. The van der Waals surface area contributed by atoms with Crippen molar-refractivity contribution in [3.63, 3.8) is 0 Å². The molecule has 0 radical (unpaired) electrons. The van der Waals surface area contributed by atoms with Crippen LogP contribution in [0.5, 0.6) is 0 Å². The van der Waals surface area contributed by atoms with Gasteiger partial charge in [-0.1, -0.05) is 39.5 Å². The Morgan fingerprint density at radius 1 is 1.00 bits per heavy atom. The first kappa shape index (κ1) is 13.6. The van der Waals surface area contributed by atoms with Crippen LogP contribution in [0.3, 0.4) is 0 Å². The van der Waals surface area contributed by atoms with Crippen LogP contribution in [0.2, 0.25) is 0 Å². The molecule has 0 aliphatic heterocycles.